The van der Waals surface area contributed by atoms with Crippen molar-refractivity contribution in [1.29, 1.82) is 0 Å². The second-order valence-corrected chi connectivity index (χ2v) is 5.17. The van der Waals surface area contributed by atoms with Crippen LogP contribution in [0.3, 0.4) is 0 Å². The molecule has 2 rings (SSSR count). The zero-order valence-corrected chi connectivity index (χ0v) is 10.6. The zero-order chi connectivity index (χ0) is 11.5. The van der Waals surface area contributed by atoms with Crippen LogP contribution in [-0.4, -0.2) is 18.1 Å². The van der Waals surface area contributed by atoms with Gasteiger partial charge < -0.3 is 4.90 Å². The Morgan fingerprint density at radius 2 is 2.12 bits per heavy atom. The molecule has 0 saturated heterocycles. The van der Waals surface area contributed by atoms with E-state index in [1.54, 1.807) is 0 Å². The molecular weight excluding hydrogens is 196 g/mol. The maximum absolute atomic E-state index is 4.60. The predicted molar refractivity (Wildman–Crippen MR) is 68.8 cm³/mol. The molecular formula is C14H22N2. The van der Waals surface area contributed by atoms with Crippen LogP contribution in [0.4, 0.5) is 5.82 Å². The van der Waals surface area contributed by atoms with Crippen molar-refractivity contribution in [3.05, 3.63) is 23.9 Å². The van der Waals surface area contributed by atoms with Crippen LogP contribution in [0.15, 0.2) is 18.2 Å². The normalized spacial score (nSPS) is 25.4. The number of pyridine rings is 1. The van der Waals surface area contributed by atoms with Crippen molar-refractivity contribution in [2.24, 2.45) is 5.92 Å². The summed E-state index contributed by atoms with van der Waals surface area (Å²) in [5.74, 6) is 1.99. The fourth-order valence-electron chi connectivity index (χ4n) is 2.67. The third-order valence-electron chi connectivity index (χ3n) is 3.69. The Hall–Kier alpha value is -1.05. The summed E-state index contributed by atoms with van der Waals surface area (Å²) in [7, 11) is 2.18. The topological polar surface area (TPSA) is 16.1 Å². The third kappa shape index (κ3) is 2.55. The van der Waals surface area contributed by atoms with Crippen LogP contribution in [0.1, 0.15) is 38.3 Å². The maximum Gasteiger partial charge on any atom is 0.128 e. The van der Waals surface area contributed by atoms with Gasteiger partial charge in [-0.15, -0.1) is 0 Å². The fourth-order valence-corrected chi connectivity index (χ4v) is 2.67. The van der Waals surface area contributed by atoms with E-state index >= 15 is 0 Å². The molecule has 0 radical (unpaired) electrons. The highest BCUT2D eigenvalue weighted by molar-refractivity contribution is 5.39. The lowest BCUT2D eigenvalue weighted by atomic mass is 9.86. The molecule has 1 aromatic heterocycles. The summed E-state index contributed by atoms with van der Waals surface area (Å²) in [5.41, 5.74) is 1.10. The van der Waals surface area contributed by atoms with Crippen molar-refractivity contribution in [2.45, 2.75) is 45.6 Å². The fraction of sp³-hybridized carbons (Fsp3) is 0.643. The van der Waals surface area contributed by atoms with E-state index in [1.165, 1.54) is 25.7 Å². The van der Waals surface area contributed by atoms with Crippen molar-refractivity contribution < 1.29 is 0 Å². The molecule has 1 saturated carbocycles. The molecule has 1 aromatic rings. The average molecular weight is 218 g/mol. The van der Waals surface area contributed by atoms with Gasteiger partial charge in [-0.3, -0.25) is 0 Å². The predicted octanol–water partition coefficient (Wildman–Crippen LogP) is 3.40. The number of aromatic nitrogens is 1. The monoisotopic (exact) mass is 218 g/mol. The molecule has 0 spiro atoms. The van der Waals surface area contributed by atoms with E-state index in [9.17, 15) is 0 Å². The second-order valence-electron chi connectivity index (χ2n) is 5.17. The van der Waals surface area contributed by atoms with E-state index in [0.29, 0.717) is 6.04 Å². The van der Waals surface area contributed by atoms with Gasteiger partial charge in [-0.05, 0) is 37.8 Å². The van der Waals surface area contributed by atoms with Gasteiger partial charge >= 0.3 is 0 Å². The van der Waals surface area contributed by atoms with E-state index < -0.39 is 0 Å². The lowest BCUT2D eigenvalue weighted by Crippen LogP contribution is -2.36. The molecule has 0 amide bonds. The summed E-state index contributed by atoms with van der Waals surface area (Å²) in [6.45, 7) is 4.42. The molecule has 2 heteroatoms. The Bertz CT molecular complexity index is 348. The summed E-state index contributed by atoms with van der Waals surface area (Å²) in [6, 6.07) is 6.95. The quantitative estimate of drug-likeness (QED) is 0.756. The number of hydrogen-bond acceptors (Lipinski definition) is 2. The van der Waals surface area contributed by atoms with Crippen molar-refractivity contribution in [3.8, 4) is 0 Å². The van der Waals surface area contributed by atoms with Crippen LogP contribution in [0.5, 0.6) is 0 Å². The zero-order valence-electron chi connectivity index (χ0n) is 10.6. The van der Waals surface area contributed by atoms with Gasteiger partial charge in [-0.25, -0.2) is 4.98 Å². The molecule has 2 unspecified atom stereocenters. The molecule has 1 aliphatic rings. The van der Waals surface area contributed by atoms with E-state index in [2.05, 4.69) is 49.0 Å². The highest BCUT2D eigenvalue weighted by atomic mass is 15.2. The minimum Gasteiger partial charge on any atom is -0.357 e. The van der Waals surface area contributed by atoms with Gasteiger partial charge in [-0.2, -0.15) is 0 Å². The van der Waals surface area contributed by atoms with Gasteiger partial charge in [0, 0.05) is 18.8 Å². The lowest BCUT2D eigenvalue weighted by molar-refractivity contribution is 0.335. The maximum atomic E-state index is 4.60. The van der Waals surface area contributed by atoms with Gasteiger partial charge in [0.2, 0.25) is 0 Å². The average Bonchev–Trinajstić information content (AvgIpc) is 2.28. The van der Waals surface area contributed by atoms with E-state index in [-0.39, 0.29) is 0 Å². The van der Waals surface area contributed by atoms with Gasteiger partial charge in [0.05, 0.1) is 0 Å². The Balaban J connectivity index is 2.09. The van der Waals surface area contributed by atoms with Crippen LogP contribution in [-0.2, 0) is 0 Å². The second kappa shape index (κ2) is 4.86. The molecule has 88 valence electrons. The van der Waals surface area contributed by atoms with Crippen LogP contribution in [0.25, 0.3) is 0 Å². The Morgan fingerprint density at radius 3 is 2.81 bits per heavy atom. The van der Waals surface area contributed by atoms with Crippen LogP contribution < -0.4 is 4.90 Å². The van der Waals surface area contributed by atoms with E-state index in [4.69, 9.17) is 0 Å². The molecule has 0 aliphatic heterocycles. The highest BCUT2D eigenvalue weighted by Crippen LogP contribution is 2.28. The largest absolute Gasteiger partial charge is 0.357 e. The summed E-state index contributed by atoms with van der Waals surface area (Å²) in [4.78, 5) is 6.96. The minimum atomic E-state index is 0.679. The number of anilines is 1. The smallest absolute Gasteiger partial charge is 0.128 e. The molecule has 2 atom stereocenters. The first-order chi connectivity index (χ1) is 7.66. The minimum absolute atomic E-state index is 0.679. The van der Waals surface area contributed by atoms with Crippen LogP contribution >= 0.6 is 0 Å². The molecule has 0 N–H and O–H groups in total. The first-order valence-electron chi connectivity index (χ1n) is 6.33. The SMILES string of the molecule is Cc1cccc(N(C)C2CCCC(C)C2)n1. The molecule has 0 aromatic carbocycles. The number of aryl methyl sites for hydroxylation is 1. The van der Waals surface area contributed by atoms with Crippen molar-refractivity contribution >= 4 is 5.82 Å². The number of rotatable bonds is 2. The first kappa shape index (κ1) is 11.4. The summed E-state index contributed by atoms with van der Waals surface area (Å²) < 4.78 is 0. The van der Waals surface area contributed by atoms with E-state index in [0.717, 1.165) is 17.4 Å². The highest BCUT2D eigenvalue weighted by Gasteiger charge is 2.22. The third-order valence-corrected chi connectivity index (χ3v) is 3.69. The Labute approximate surface area is 98.7 Å². The molecule has 16 heavy (non-hydrogen) atoms. The molecule has 0 bridgehead atoms. The summed E-state index contributed by atoms with van der Waals surface area (Å²) in [5, 5.41) is 0. The van der Waals surface area contributed by atoms with Gasteiger partial charge in [-0.1, -0.05) is 25.8 Å². The standard InChI is InChI=1S/C14H22N2/c1-11-6-4-8-13(10-11)16(3)14-9-5-7-12(2)15-14/h5,7,9,11,13H,4,6,8,10H2,1-3H3. The molecule has 1 aliphatic carbocycles. The van der Waals surface area contributed by atoms with Gasteiger partial charge in [0.25, 0.3) is 0 Å². The van der Waals surface area contributed by atoms with Crippen LogP contribution in [0, 0.1) is 12.8 Å². The first-order valence-corrected chi connectivity index (χ1v) is 6.33. The van der Waals surface area contributed by atoms with Gasteiger partial charge in [0.1, 0.15) is 5.82 Å². The summed E-state index contributed by atoms with van der Waals surface area (Å²) in [6.07, 6.45) is 5.39. The van der Waals surface area contributed by atoms with Crippen molar-refractivity contribution in [2.75, 3.05) is 11.9 Å². The van der Waals surface area contributed by atoms with Crippen LogP contribution in [0.2, 0.25) is 0 Å². The van der Waals surface area contributed by atoms with Crippen molar-refractivity contribution in [1.82, 2.24) is 4.98 Å². The van der Waals surface area contributed by atoms with Gasteiger partial charge in [0.15, 0.2) is 0 Å². The number of nitrogens with zero attached hydrogens (tertiary/aromatic N) is 2. The Morgan fingerprint density at radius 1 is 1.31 bits per heavy atom. The lowest BCUT2D eigenvalue weighted by Gasteiger charge is -2.35. The van der Waals surface area contributed by atoms with Crippen molar-refractivity contribution in [3.63, 3.8) is 0 Å². The molecule has 1 heterocycles. The van der Waals surface area contributed by atoms with E-state index in [1.807, 2.05) is 0 Å². The summed E-state index contributed by atoms with van der Waals surface area (Å²) >= 11 is 0. The molecule has 1 fully saturated rings. The number of hydrogen-bond donors (Lipinski definition) is 0. The Kier molecular flexibility index (Phi) is 3.47. The molecule has 2 nitrogen and oxygen atoms in total.